The van der Waals surface area contributed by atoms with E-state index in [-0.39, 0.29) is 16.9 Å². The Morgan fingerprint density at radius 1 is 1.58 bits per heavy atom. The van der Waals surface area contributed by atoms with Crippen LogP contribution in [0.2, 0.25) is 0 Å². The van der Waals surface area contributed by atoms with Crippen LogP contribution in [0.15, 0.2) is 18.2 Å². The molecule has 3 N–H and O–H groups in total. The molecule has 1 rings (SSSR count). The first-order valence-corrected chi connectivity index (χ1v) is 3.15. The number of nitrogens with zero attached hydrogens (tertiary/aromatic N) is 1. The van der Waals surface area contributed by atoms with E-state index in [9.17, 15) is 4.79 Å². The van der Waals surface area contributed by atoms with Gasteiger partial charge >= 0.3 is 5.97 Å². The summed E-state index contributed by atoms with van der Waals surface area (Å²) in [5, 5.41) is 8.54. The van der Waals surface area contributed by atoms with Gasteiger partial charge in [0.2, 0.25) is 5.69 Å². The number of benzene rings is 1. The van der Waals surface area contributed by atoms with E-state index >= 15 is 0 Å². The second kappa shape index (κ2) is 2.93. The van der Waals surface area contributed by atoms with Crippen LogP contribution in [0.25, 0.3) is 4.85 Å². The van der Waals surface area contributed by atoms with Gasteiger partial charge in [-0.2, -0.15) is 0 Å². The molecule has 12 heavy (non-hydrogen) atoms. The number of carboxylic acid groups (broad SMARTS) is 1. The molecule has 1 aromatic carbocycles. The van der Waals surface area contributed by atoms with E-state index in [2.05, 4.69) is 4.85 Å². The van der Waals surface area contributed by atoms with Gasteiger partial charge in [0.15, 0.2) is 0 Å². The van der Waals surface area contributed by atoms with E-state index in [4.69, 9.17) is 17.4 Å². The van der Waals surface area contributed by atoms with Crippen LogP contribution in [-0.2, 0) is 0 Å². The summed E-state index contributed by atoms with van der Waals surface area (Å²) >= 11 is 0. The van der Waals surface area contributed by atoms with Crippen LogP contribution in [0.4, 0.5) is 11.4 Å². The minimum absolute atomic E-state index is 0.0971. The van der Waals surface area contributed by atoms with Crippen LogP contribution >= 0.6 is 0 Å². The first-order valence-electron chi connectivity index (χ1n) is 3.15. The fourth-order valence-corrected chi connectivity index (χ4v) is 0.789. The highest BCUT2D eigenvalue weighted by atomic mass is 16.4. The maximum Gasteiger partial charge on any atom is 0.335 e. The van der Waals surface area contributed by atoms with Gasteiger partial charge in [0.25, 0.3) is 0 Å². The molecule has 0 unspecified atom stereocenters. The largest absolute Gasteiger partial charge is 0.478 e. The summed E-state index contributed by atoms with van der Waals surface area (Å²) in [6.45, 7) is 6.66. The first kappa shape index (κ1) is 8.08. The van der Waals surface area contributed by atoms with E-state index in [0.29, 0.717) is 0 Å². The predicted molar refractivity (Wildman–Crippen MR) is 44.1 cm³/mol. The SMILES string of the molecule is [C-]#[N+]c1ccc(C(=O)O)cc1N. The van der Waals surface area contributed by atoms with Crippen LogP contribution in [-0.4, -0.2) is 11.1 Å². The first-order chi connectivity index (χ1) is 5.65. The minimum Gasteiger partial charge on any atom is -0.478 e. The molecule has 4 nitrogen and oxygen atoms in total. The van der Waals surface area contributed by atoms with Gasteiger partial charge in [-0.25, -0.2) is 9.64 Å². The van der Waals surface area contributed by atoms with Crippen molar-refractivity contribution in [1.29, 1.82) is 0 Å². The fraction of sp³-hybridized carbons (Fsp3) is 0. The second-order valence-corrected chi connectivity index (χ2v) is 2.19. The van der Waals surface area contributed by atoms with Gasteiger partial charge in [-0.3, -0.25) is 0 Å². The highest BCUT2D eigenvalue weighted by molar-refractivity contribution is 5.90. The third-order valence-electron chi connectivity index (χ3n) is 1.39. The zero-order valence-corrected chi connectivity index (χ0v) is 6.11. The maximum atomic E-state index is 10.4. The number of carbonyl (C=O) groups is 1. The van der Waals surface area contributed by atoms with Gasteiger partial charge in [0.1, 0.15) is 0 Å². The Morgan fingerprint density at radius 3 is 2.67 bits per heavy atom. The Labute approximate surface area is 69.1 Å². The molecule has 0 heterocycles. The molecule has 0 aliphatic heterocycles. The third-order valence-corrected chi connectivity index (χ3v) is 1.39. The number of rotatable bonds is 1. The summed E-state index contributed by atoms with van der Waals surface area (Å²) in [6, 6.07) is 4.02. The van der Waals surface area contributed by atoms with Crippen molar-refractivity contribution in [2.45, 2.75) is 0 Å². The van der Waals surface area contributed by atoms with Crippen LogP contribution in [0.1, 0.15) is 10.4 Å². The van der Waals surface area contributed by atoms with Crippen molar-refractivity contribution >= 4 is 17.3 Å². The van der Waals surface area contributed by atoms with E-state index in [1.807, 2.05) is 0 Å². The van der Waals surface area contributed by atoms with E-state index < -0.39 is 5.97 Å². The van der Waals surface area contributed by atoms with Crippen LogP contribution in [0.5, 0.6) is 0 Å². The highest BCUT2D eigenvalue weighted by Crippen LogP contribution is 2.22. The Bertz CT molecular complexity index is 366. The monoisotopic (exact) mass is 162 g/mol. The number of hydrogen-bond acceptors (Lipinski definition) is 2. The molecule has 0 saturated carbocycles. The van der Waals surface area contributed by atoms with Crippen molar-refractivity contribution < 1.29 is 9.90 Å². The zero-order valence-electron chi connectivity index (χ0n) is 6.11. The Hall–Kier alpha value is -2.02. The second-order valence-electron chi connectivity index (χ2n) is 2.19. The lowest BCUT2D eigenvalue weighted by Gasteiger charge is -1.98. The van der Waals surface area contributed by atoms with Crippen LogP contribution < -0.4 is 5.73 Å². The molecule has 0 atom stereocenters. The third kappa shape index (κ3) is 1.35. The number of hydrogen-bond donors (Lipinski definition) is 2. The smallest absolute Gasteiger partial charge is 0.335 e. The molecule has 0 saturated heterocycles. The molecule has 4 heteroatoms. The number of carboxylic acids is 1. The molecule has 0 fully saturated rings. The Kier molecular flexibility index (Phi) is 1.97. The summed E-state index contributed by atoms with van der Waals surface area (Å²) in [4.78, 5) is 13.5. The molecule has 1 aromatic rings. The lowest BCUT2D eigenvalue weighted by molar-refractivity contribution is 0.0697. The fourth-order valence-electron chi connectivity index (χ4n) is 0.789. The summed E-state index contributed by atoms with van der Waals surface area (Å²) in [6.07, 6.45) is 0. The lowest BCUT2D eigenvalue weighted by Crippen LogP contribution is -1.97. The molecule has 0 spiro atoms. The van der Waals surface area contributed by atoms with Crippen molar-refractivity contribution in [3.8, 4) is 0 Å². The number of nitrogen functional groups attached to an aromatic ring is 1. The van der Waals surface area contributed by atoms with Crippen molar-refractivity contribution in [3.05, 3.63) is 35.2 Å². The average Bonchev–Trinajstić information content (AvgIpc) is 2.04. The number of anilines is 1. The van der Waals surface area contributed by atoms with Gasteiger partial charge in [-0.15, -0.1) is 0 Å². The molecule has 0 aromatic heterocycles. The zero-order chi connectivity index (χ0) is 9.14. The minimum atomic E-state index is -1.04. The Balaban J connectivity index is 3.21. The number of nitrogens with two attached hydrogens (primary N) is 1. The summed E-state index contributed by atoms with van der Waals surface area (Å²) in [5.41, 5.74) is 5.97. The summed E-state index contributed by atoms with van der Waals surface area (Å²) < 4.78 is 0. The van der Waals surface area contributed by atoms with Gasteiger partial charge in [-0.1, -0.05) is 12.1 Å². The topological polar surface area (TPSA) is 67.7 Å². The van der Waals surface area contributed by atoms with Gasteiger partial charge in [-0.05, 0) is 6.07 Å². The molecule has 0 radical (unpaired) electrons. The average molecular weight is 162 g/mol. The molecule has 0 aliphatic carbocycles. The molecule has 0 amide bonds. The number of aromatic carboxylic acids is 1. The van der Waals surface area contributed by atoms with Crippen LogP contribution in [0.3, 0.4) is 0 Å². The van der Waals surface area contributed by atoms with Crippen molar-refractivity contribution in [3.63, 3.8) is 0 Å². The quantitative estimate of drug-likeness (QED) is 0.486. The van der Waals surface area contributed by atoms with E-state index in [1.54, 1.807) is 0 Å². The normalized spacial score (nSPS) is 8.92. The molecule has 0 aliphatic rings. The predicted octanol–water partition coefficient (Wildman–Crippen LogP) is 1.52. The van der Waals surface area contributed by atoms with Crippen molar-refractivity contribution in [1.82, 2.24) is 0 Å². The molecule has 0 bridgehead atoms. The van der Waals surface area contributed by atoms with Crippen molar-refractivity contribution in [2.75, 3.05) is 5.73 Å². The standard InChI is InChI=1S/C8H6N2O2/c1-10-7-3-2-5(8(11)12)4-6(7)9/h2-4H,9H2,(H,11,12). The summed E-state index contributed by atoms with van der Waals surface area (Å²) in [7, 11) is 0. The Morgan fingerprint density at radius 2 is 2.25 bits per heavy atom. The van der Waals surface area contributed by atoms with E-state index in [0.717, 1.165) is 0 Å². The maximum absolute atomic E-state index is 10.4. The van der Waals surface area contributed by atoms with E-state index in [1.165, 1.54) is 18.2 Å². The van der Waals surface area contributed by atoms with Gasteiger partial charge < -0.3 is 10.8 Å². The lowest BCUT2D eigenvalue weighted by atomic mass is 10.2. The molecular formula is C8H6N2O2. The van der Waals surface area contributed by atoms with Crippen LogP contribution in [0, 0.1) is 6.57 Å². The van der Waals surface area contributed by atoms with Gasteiger partial charge in [0.05, 0.1) is 12.1 Å². The van der Waals surface area contributed by atoms with Gasteiger partial charge in [0, 0.05) is 5.69 Å². The highest BCUT2D eigenvalue weighted by Gasteiger charge is 2.04. The van der Waals surface area contributed by atoms with Crippen molar-refractivity contribution in [2.24, 2.45) is 0 Å². The molecular weight excluding hydrogens is 156 g/mol. The summed E-state index contributed by atoms with van der Waals surface area (Å²) in [5.74, 6) is -1.04. The molecule has 60 valence electrons.